The van der Waals surface area contributed by atoms with E-state index in [0.717, 1.165) is 24.3 Å². The third kappa shape index (κ3) is 4.09. The predicted molar refractivity (Wildman–Crippen MR) is 83.5 cm³/mol. The Kier molecular flexibility index (Phi) is 5.41. The highest BCUT2D eigenvalue weighted by molar-refractivity contribution is 7.15. The van der Waals surface area contributed by atoms with Gasteiger partial charge in [0, 0.05) is 12.7 Å². The summed E-state index contributed by atoms with van der Waals surface area (Å²) in [6, 6.07) is 5.54. The molecule has 0 spiro atoms. The number of pyridine rings is 1. The largest absolute Gasteiger partial charge is 0.476 e. The van der Waals surface area contributed by atoms with Crippen molar-refractivity contribution in [2.45, 2.75) is 26.3 Å². The highest BCUT2D eigenvalue weighted by atomic mass is 32.1. The highest BCUT2D eigenvalue weighted by Gasteiger charge is 2.19. The molecule has 0 saturated heterocycles. The zero-order chi connectivity index (χ0) is 15.2. The molecule has 0 aliphatic carbocycles. The molecular formula is C15H19N3O2S. The van der Waals surface area contributed by atoms with Gasteiger partial charge in [-0.25, -0.2) is 9.78 Å². The van der Waals surface area contributed by atoms with Gasteiger partial charge in [0.2, 0.25) is 0 Å². The van der Waals surface area contributed by atoms with Crippen LogP contribution in [-0.2, 0) is 6.54 Å². The smallest absolute Gasteiger partial charge is 0.355 e. The number of aromatic nitrogens is 2. The fourth-order valence-electron chi connectivity index (χ4n) is 1.98. The second kappa shape index (κ2) is 7.28. The van der Waals surface area contributed by atoms with Gasteiger partial charge in [0.15, 0.2) is 5.69 Å². The average molecular weight is 305 g/mol. The SMILES string of the molecule is CCCCN(C)Cc1sc(-c2ccccn2)nc1C(=O)O. The molecule has 2 rings (SSSR count). The normalized spacial score (nSPS) is 11.0. The number of aromatic carboxylic acids is 1. The molecule has 2 aromatic rings. The van der Waals surface area contributed by atoms with Gasteiger partial charge in [-0.15, -0.1) is 11.3 Å². The van der Waals surface area contributed by atoms with E-state index in [1.165, 1.54) is 11.3 Å². The summed E-state index contributed by atoms with van der Waals surface area (Å²) in [4.78, 5) is 22.8. The van der Waals surface area contributed by atoms with Crippen LogP contribution < -0.4 is 0 Å². The monoisotopic (exact) mass is 305 g/mol. The first-order chi connectivity index (χ1) is 10.1. The van der Waals surface area contributed by atoms with Crippen LogP contribution in [0.2, 0.25) is 0 Å². The zero-order valence-corrected chi connectivity index (χ0v) is 13.1. The van der Waals surface area contributed by atoms with E-state index >= 15 is 0 Å². The van der Waals surface area contributed by atoms with E-state index in [1.807, 2.05) is 25.2 Å². The number of carbonyl (C=O) groups is 1. The number of hydrogen-bond acceptors (Lipinski definition) is 5. The molecule has 0 saturated carbocycles. The average Bonchev–Trinajstić information content (AvgIpc) is 2.90. The van der Waals surface area contributed by atoms with E-state index in [0.29, 0.717) is 17.2 Å². The van der Waals surface area contributed by atoms with Crippen LogP contribution in [0.1, 0.15) is 35.1 Å². The lowest BCUT2D eigenvalue weighted by Gasteiger charge is -2.14. The van der Waals surface area contributed by atoms with Gasteiger partial charge < -0.3 is 10.0 Å². The lowest BCUT2D eigenvalue weighted by atomic mass is 10.3. The zero-order valence-electron chi connectivity index (χ0n) is 12.2. The Hall–Kier alpha value is -1.79. The molecule has 0 atom stereocenters. The first-order valence-electron chi connectivity index (χ1n) is 6.94. The molecule has 0 radical (unpaired) electrons. The third-order valence-corrected chi connectivity index (χ3v) is 4.15. The molecular weight excluding hydrogens is 286 g/mol. The second-order valence-corrected chi connectivity index (χ2v) is 5.99. The van der Waals surface area contributed by atoms with Crippen LogP contribution in [0.25, 0.3) is 10.7 Å². The molecule has 6 heteroatoms. The first kappa shape index (κ1) is 15.6. The maximum Gasteiger partial charge on any atom is 0.355 e. The van der Waals surface area contributed by atoms with Gasteiger partial charge in [0.1, 0.15) is 5.01 Å². The predicted octanol–water partition coefficient (Wildman–Crippen LogP) is 3.14. The van der Waals surface area contributed by atoms with Crippen LogP contribution >= 0.6 is 11.3 Å². The molecule has 0 unspecified atom stereocenters. The summed E-state index contributed by atoms with van der Waals surface area (Å²) < 4.78 is 0. The summed E-state index contributed by atoms with van der Waals surface area (Å²) in [7, 11) is 2.00. The summed E-state index contributed by atoms with van der Waals surface area (Å²) in [5, 5.41) is 9.98. The molecule has 0 aliphatic rings. The van der Waals surface area contributed by atoms with E-state index in [4.69, 9.17) is 0 Å². The lowest BCUT2D eigenvalue weighted by Crippen LogP contribution is -2.19. The Morgan fingerprint density at radius 3 is 2.86 bits per heavy atom. The molecule has 0 fully saturated rings. The fraction of sp³-hybridized carbons (Fsp3) is 0.400. The highest BCUT2D eigenvalue weighted by Crippen LogP contribution is 2.27. The van der Waals surface area contributed by atoms with Crippen LogP contribution in [0.15, 0.2) is 24.4 Å². The van der Waals surface area contributed by atoms with Crippen LogP contribution in [-0.4, -0.2) is 39.5 Å². The lowest BCUT2D eigenvalue weighted by molar-refractivity contribution is 0.0689. The Morgan fingerprint density at radius 1 is 1.43 bits per heavy atom. The summed E-state index contributed by atoms with van der Waals surface area (Å²) in [6.45, 7) is 3.70. The van der Waals surface area contributed by atoms with Gasteiger partial charge in [-0.05, 0) is 32.1 Å². The summed E-state index contributed by atoms with van der Waals surface area (Å²) in [5.41, 5.74) is 0.858. The first-order valence-corrected chi connectivity index (χ1v) is 7.76. The number of nitrogens with zero attached hydrogens (tertiary/aromatic N) is 3. The number of carboxylic acid groups (broad SMARTS) is 1. The van der Waals surface area contributed by atoms with Crippen molar-refractivity contribution in [2.24, 2.45) is 0 Å². The molecule has 21 heavy (non-hydrogen) atoms. The standard InChI is InChI=1S/C15H19N3O2S/c1-3-4-9-18(2)10-12-13(15(19)20)17-14(21-12)11-7-5-6-8-16-11/h5-8H,3-4,9-10H2,1-2H3,(H,19,20). The van der Waals surface area contributed by atoms with E-state index in [-0.39, 0.29) is 5.69 Å². The third-order valence-electron chi connectivity index (χ3n) is 3.09. The number of thiazole rings is 1. The minimum Gasteiger partial charge on any atom is -0.476 e. The molecule has 0 aromatic carbocycles. The van der Waals surface area contributed by atoms with Crippen molar-refractivity contribution >= 4 is 17.3 Å². The molecule has 2 heterocycles. The summed E-state index contributed by atoms with van der Waals surface area (Å²) >= 11 is 1.41. The number of hydrogen-bond donors (Lipinski definition) is 1. The van der Waals surface area contributed by atoms with Crippen molar-refractivity contribution in [3.63, 3.8) is 0 Å². The van der Waals surface area contributed by atoms with Gasteiger partial charge in [-0.2, -0.15) is 0 Å². The molecule has 0 aliphatic heterocycles. The van der Waals surface area contributed by atoms with Crippen LogP contribution in [0.3, 0.4) is 0 Å². The summed E-state index contributed by atoms with van der Waals surface area (Å²) in [5.74, 6) is -0.979. The van der Waals surface area contributed by atoms with Crippen molar-refractivity contribution in [3.05, 3.63) is 35.0 Å². The quantitative estimate of drug-likeness (QED) is 0.851. The molecule has 0 amide bonds. The topological polar surface area (TPSA) is 66.3 Å². The molecule has 0 bridgehead atoms. The Bertz CT molecular complexity index is 598. The van der Waals surface area contributed by atoms with E-state index < -0.39 is 5.97 Å². The number of carboxylic acids is 1. The van der Waals surface area contributed by atoms with Crippen molar-refractivity contribution in [1.29, 1.82) is 0 Å². The second-order valence-electron chi connectivity index (χ2n) is 4.90. The molecule has 112 valence electrons. The Morgan fingerprint density at radius 2 is 2.24 bits per heavy atom. The molecule has 5 nitrogen and oxygen atoms in total. The summed E-state index contributed by atoms with van der Waals surface area (Å²) in [6.07, 6.45) is 3.91. The minimum atomic E-state index is -0.979. The van der Waals surface area contributed by atoms with Gasteiger partial charge in [-0.3, -0.25) is 4.98 Å². The Labute approximate surface area is 128 Å². The molecule has 1 N–H and O–H groups in total. The van der Waals surface area contributed by atoms with Gasteiger partial charge in [0.25, 0.3) is 0 Å². The number of rotatable bonds is 7. The van der Waals surface area contributed by atoms with Crippen molar-refractivity contribution in [1.82, 2.24) is 14.9 Å². The minimum absolute atomic E-state index is 0.143. The van der Waals surface area contributed by atoms with Gasteiger partial charge >= 0.3 is 5.97 Å². The van der Waals surface area contributed by atoms with E-state index in [9.17, 15) is 9.90 Å². The van der Waals surface area contributed by atoms with Crippen molar-refractivity contribution in [3.8, 4) is 10.7 Å². The molecule has 2 aromatic heterocycles. The van der Waals surface area contributed by atoms with Crippen LogP contribution in [0.4, 0.5) is 0 Å². The van der Waals surface area contributed by atoms with Crippen molar-refractivity contribution in [2.75, 3.05) is 13.6 Å². The number of unbranched alkanes of at least 4 members (excludes halogenated alkanes) is 1. The van der Waals surface area contributed by atoms with Crippen LogP contribution in [0, 0.1) is 0 Å². The fourth-order valence-corrected chi connectivity index (χ4v) is 3.09. The maximum atomic E-state index is 11.4. The van der Waals surface area contributed by atoms with Gasteiger partial charge in [-0.1, -0.05) is 19.4 Å². The maximum absolute atomic E-state index is 11.4. The van der Waals surface area contributed by atoms with E-state index in [1.54, 1.807) is 6.20 Å². The van der Waals surface area contributed by atoms with E-state index in [2.05, 4.69) is 21.8 Å². The van der Waals surface area contributed by atoms with Crippen molar-refractivity contribution < 1.29 is 9.90 Å². The van der Waals surface area contributed by atoms with Crippen LogP contribution in [0.5, 0.6) is 0 Å². The van der Waals surface area contributed by atoms with Gasteiger partial charge in [0.05, 0.1) is 10.6 Å². The Balaban J connectivity index is 2.24.